The number of ether oxygens (including phenoxy) is 1. The quantitative estimate of drug-likeness (QED) is 0.470. The maximum Gasteiger partial charge on any atom is 0.355 e. The Morgan fingerprint density at radius 3 is 2.39 bits per heavy atom. The summed E-state index contributed by atoms with van der Waals surface area (Å²) in [5, 5.41) is 7.20. The molecule has 5 rings (SSSR count). The molecule has 38 heavy (non-hydrogen) atoms. The minimum Gasteiger partial charge on any atom is -0.378 e. The van der Waals surface area contributed by atoms with Crippen molar-refractivity contribution < 1.29 is 13.9 Å². The van der Waals surface area contributed by atoms with Gasteiger partial charge in [-0.25, -0.2) is 13.8 Å². The number of aromatic nitrogens is 3. The lowest BCUT2D eigenvalue weighted by molar-refractivity contribution is -0.121. The zero-order valence-electron chi connectivity index (χ0n) is 21.9. The van der Waals surface area contributed by atoms with E-state index < -0.39 is 11.5 Å². The van der Waals surface area contributed by atoms with E-state index in [2.05, 4.69) is 22.2 Å². The fourth-order valence-corrected chi connectivity index (χ4v) is 5.87. The summed E-state index contributed by atoms with van der Waals surface area (Å²) < 4.78 is 22.1. The summed E-state index contributed by atoms with van der Waals surface area (Å²) in [6.45, 7) is 7.59. The van der Waals surface area contributed by atoms with Gasteiger partial charge in [-0.3, -0.25) is 9.69 Å². The van der Waals surface area contributed by atoms with Crippen LogP contribution in [0.25, 0.3) is 11.4 Å². The SMILES string of the molecule is CC(C)NC(=O)Cc1nn(-c2ccc(CC(C)N3C4CCC3COC4)cc2)c(=O)n1-c1ccc(F)c(Cl)c1. The van der Waals surface area contributed by atoms with Gasteiger partial charge in [0.25, 0.3) is 0 Å². The monoisotopic (exact) mass is 541 g/mol. The van der Waals surface area contributed by atoms with E-state index in [1.165, 1.54) is 45.9 Å². The maximum absolute atomic E-state index is 13.8. The third kappa shape index (κ3) is 5.41. The molecule has 2 bridgehead atoms. The molecule has 3 aromatic rings. The number of fused-ring (bicyclic) bond motifs is 2. The van der Waals surface area contributed by atoms with Crippen LogP contribution in [0.1, 0.15) is 45.0 Å². The van der Waals surface area contributed by atoms with Crippen LogP contribution in [0.2, 0.25) is 5.02 Å². The van der Waals surface area contributed by atoms with Crippen molar-refractivity contribution in [3.05, 3.63) is 75.2 Å². The molecule has 2 aromatic carbocycles. The number of carbonyl (C=O) groups is 1. The number of hydrogen-bond acceptors (Lipinski definition) is 5. The second kappa shape index (κ2) is 11.0. The normalized spacial score (nSPS) is 20.2. The number of morpholine rings is 1. The zero-order chi connectivity index (χ0) is 27.0. The summed E-state index contributed by atoms with van der Waals surface area (Å²) in [4.78, 5) is 28.7. The van der Waals surface area contributed by atoms with Crippen LogP contribution >= 0.6 is 11.6 Å². The molecule has 0 saturated carbocycles. The molecule has 10 heteroatoms. The highest BCUT2D eigenvalue weighted by Crippen LogP contribution is 2.31. The van der Waals surface area contributed by atoms with Gasteiger partial charge < -0.3 is 10.1 Å². The van der Waals surface area contributed by atoms with Gasteiger partial charge in [0.2, 0.25) is 5.91 Å². The minimum absolute atomic E-state index is 0.0624. The summed E-state index contributed by atoms with van der Waals surface area (Å²) in [6.07, 6.45) is 3.16. The number of benzene rings is 2. The highest BCUT2D eigenvalue weighted by atomic mass is 35.5. The van der Waals surface area contributed by atoms with Crippen LogP contribution in [-0.4, -0.2) is 62.5 Å². The Morgan fingerprint density at radius 2 is 1.76 bits per heavy atom. The Morgan fingerprint density at radius 1 is 1.11 bits per heavy atom. The number of rotatable bonds is 8. The Labute approximate surface area is 226 Å². The number of hydrogen-bond donors (Lipinski definition) is 1. The minimum atomic E-state index is -0.593. The van der Waals surface area contributed by atoms with Crippen molar-refractivity contribution in [3.63, 3.8) is 0 Å². The standard InChI is InChI=1S/C28H33ClFN5O3/c1-17(2)31-27(36)14-26-32-35(28(37)34(26)21-10-11-25(30)24(29)13-21)20-6-4-19(5-7-20)12-18(3)33-22-8-9-23(33)16-38-15-22/h4-7,10-11,13,17-18,22-23H,8-9,12,14-16H2,1-3H3,(H,31,36). The van der Waals surface area contributed by atoms with E-state index in [4.69, 9.17) is 16.3 Å². The number of carbonyl (C=O) groups excluding carboxylic acids is 1. The predicted molar refractivity (Wildman–Crippen MR) is 144 cm³/mol. The van der Waals surface area contributed by atoms with Crippen LogP contribution in [-0.2, 0) is 22.4 Å². The second-order valence-corrected chi connectivity index (χ2v) is 10.9. The average molecular weight is 542 g/mol. The molecule has 2 fully saturated rings. The van der Waals surface area contributed by atoms with Crippen LogP contribution in [0.4, 0.5) is 4.39 Å². The molecule has 8 nitrogen and oxygen atoms in total. The van der Waals surface area contributed by atoms with Gasteiger partial charge in [-0.05, 0) is 75.9 Å². The molecule has 2 saturated heterocycles. The van der Waals surface area contributed by atoms with E-state index in [1.54, 1.807) is 0 Å². The molecule has 2 aliphatic rings. The molecule has 1 aromatic heterocycles. The van der Waals surface area contributed by atoms with Crippen molar-refractivity contribution in [3.8, 4) is 11.4 Å². The topological polar surface area (TPSA) is 81.4 Å². The molecule has 1 N–H and O–H groups in total. The molecule has 2 aliphatic heterocycles. The van der Waals surface area contributed by atoms with E-state index >= 15 is 0 Å². The summed E-state index contributed by atoms with van der Waals surface area (Å²) in [5.74, 6) is -0.630. The smallest absolute Gasteiger partial charge is 0.355 e. The first-order valence-electron chi connectivity index (χ1n) is 13.1. The molecule has 3 atom stereocenters. The molecule has 3 unspecified atom stereocenters. The van der Waals surface area contributed by atoms with Crippen molar-refractivity contribution >= 4 is 17.5 Å². The number of halogens is 2. The van der Waals surface area contributed by atoms with Crippen molar-refractivity contribution in [2.75, 3.05) is 13.2 Å². The summed E-state index contributed by atoms with van der Waals surface area (Å²) >= 11 is 6.00. The van der Waals surface area contributed by atoms with Crippen LogP contribution < -0.4 is 11.0 Å². The van der Waals surface area contributed by atoms with Crippen LogP contribution in [0.15, 0.2) is 47.3 Å². The van der Waals surface area contributed by atoms with Gasteiger partial charge in [0.1, 0.15) is 11.6 Å². The van der Waals surface area contributed by atoms with Gasteiger partial charge in [-0.1, -0.05) is 23.7 Å². The Kier molecular flexibility index (Phi) is 7.70. The lowest BCUT2D eigenvalue weighted by Gasteiger charge is -2.39. The van der Waals surface area contributed by atoms with E-state index in [-0.39, 0.29) is 29.2 Å². The third-order valence-electron chi connectivity index (χ3n) is 7.29. The fourth-order valence-electron chi connectivity index (χ4n) is 5.69. The van der Waals surface area contributed by atoms with E-state index in [0.29, 0.717) is 29.5 Å². The first kappa shape index (κ1) is 26.6. The first-order valence-corrected chi connectivity index (χ1v) is 13.5. The zero-order valence-corrected chi connectivity index (χ0v) is 22.6. The molecule has 0 aliphatic carbocycles. The number of nitrogens with zero attached hydrogens (tertiary/aromatic N) is 4. The molecule has 3 heterocycles. The second-order valence-electron chi connectivity index (χ2n) is 10.5. The molecule has 1 amide bonds. The van der Waals surface area contributed by atoms with E-state index in [0.717, 1.165) is 19.6 Å². The number of nitrogens with one attached hydrogen (secondary N) is 1. The lowest BCUT2D eigenvalue weighted by Crippen LogP contribution is -2.50. The lowest BCUT2D eigenvalue weighted by atomic mass is 10.0. The molecule has 0 spiro atoms. The third-order valence-corrected chi connectivity index (χ3v) is 7.58. The summed E-state index contributed by atoms with van der Waals surface area (Å²) in [6, 6.07) is 13.1. The van der Waals surface area contributed by atoms with Crippen LogP contribution in [0.5, 0.6) is 0 Å². The van der Waals surface area contributed by atoms with Gasteiger partial charge in [-0.2, -0.15) is 4.68 Å². The van der Waals surface area contributed by atoms with Gasteiger partial charge in [-0.15, -0.1) is 5.10 Å². The van der Waals surface area contributed by atoms with Crippen molar-refractivity contribution in [2.45, 2.75) is 70.6 Å². The molecule has 0 radical (unpaired) electrons. The van der Waals surface area contributed by atoms with E-state index in [1.807, 2.05) is 38.1 Å². The van der Waals surface area contributed by atoms with Crippen molar-refractivity contribution in [2.24, 2.45) is 0 Å². The van der Waals surface area contributed by atoms with Gasteiger partial charge in [0.15, 0.2) is 0 Å². The van der Waals surface area contributed by atoms with Crippen LogP contribution in [0, 0.1) is 5.82 Å². The van der Waals surface area contributed by atoms with Gasteiger partial charge >= 0.3 is 5.69 Å². The van der Waals surface area contributed by atoms with Gasteiger partial charge in [0.05, 0.1) is 36.0 Å². The first-order chi connectivity index (χ1) is 18.2. The Balaban J connectivity index is 1.42. The average Bonchev–Trinajstić information content (AvgIpc) is 3.32. The predicted octanol–water partition coefficient (Wildman–Crippen LogP) is 3.68. The Bertz CT molecular complexity index is 1350. The highest BCUT2D eigenvalue weighted by Gasteiger charge is 2.39. The van der Waals surface area contributed by atoms with Crippen molar-refractivity contribution in [1.29, 1.82) is 0 Å². The highest BCUT2D eigenvalue weighted by molar-refractivity contribution is 6.30. The largest absolute Gasteiger partial charge is 0.378 e. The summed E-state index contributed by atoms with van der Waals surface area (Å²) in [7, 11) is 0. The molecule has 202 valence electrons. The molecular weight excluding hydrogens is 509 g/mol. The number of amides is 1. The molecular formula is C28H33ClFN5O3. The Hall–Kier alpha value is -3.01. The van der Waals surface area contributed by atoms with Crippen molar-refractivity contribution in [1.82, 2.24) is 24.6 Å². The summed E-state index contributed by atoms with van der Waals surface area (Å²) in [5.41, 5.74) is 1.62. The van der Waals surface area contributed by atoms with Gasteiger partial charge in [0, 0.05) is 24.2 Å². The van der Waals surface area contributed by atoms with E-state index in [9.17, 15) is 14.0 Å². The maximum atomic E-state index is 13.8. The van der Waals surface area contributed by atoms with Crippen LogP contribution in [0.3, 0.4) is 0 Å². The fraction of sp³-hybridized carbons (Fsp3) is 0.464.